The molecule has 1 N–H and O–H groups in total. The molecule has 170 valence electrons. The van der Waals surface area contributed by atoms with Crippen LogP contribution >= 0.6 is 11.8 Å². The van der Waals surface area contributed by atoms with Gasteiger partial charge in [0.15, 0.2) is 0 Å². The van der Waals surface area contributed by atoms with Crippen LogP contribution in [-0.4, -0.2) is 41.1 Å². The Morgan fingerprint density at radius 3 is 2.44 bits per heavy atom. The number of hydrogen-bond donors (Lipinski definition) is 1. The van der Waals surface area contributed by atoms with Gasteiger partial charge in [-0.25, -0.2) is 9.69 Å². The number of amides is 3. The standard InChI is InChI=1S/C22H23F3N4O2S/c1-21(13-15-9-10-26-14-18(15)28-11-3-2-4-12-28)19(30)29(20(31)27-21)16-5-7-17(8-6-16)32-22(23,24)25/h5-10,14H,2-4,11-13H2,1H3,(H,27,31). The Balaban J connectivity index is 1.55. The number of piperidine rings is 1. The Labute approximate surface area is 188 Å². The smallest absolute Gasteiger partial charge is 0.370 e. The summed E-state index contributed by atoms with van der Waals surface area (Å²) in [5.41, 5.74) is -3.48. The molecule has 3 amide bonds. The number of benzene rings is 1. The molecule has 10 heteroatoms. The minimum Gasteiger partial charge on any atom is -0.370 e. The topological polar surface area (TPSA) is 65.5 Å². The Bertz CT molecular complexity index is 1010. The highest BCUT2D eigenvalue weighted by molar-refractivity contribution is 8.00. The van der Waals surface area contributed by atoms with Crippen molar-refractivity contribution in [2.45, 2.75) is 48.5 Å². The summed E-state index contributed by atoms with van der Waals surface area (Å²) >= 11 is -0.244. The summed E-state index contributed by atoms with van der Waals surface area (Å²) in [6.07, 6.45) is 7.12. The van der Waals surface area contributed by atoms with E-state index in [-0.39, 0.29) is 28.8 Å². The maximum Gasteiger partial charge on any atom is 0.446 e. The van der Waals surface area contributed by atoms with E-state index in [9.17, 15) is 22.8 Å². The van der Waals surface area contributed by atoms with E-state index in [1.807, 2.05) is 6.07 Å². The number of carbonyl (C=O) groups excluding carboxylic acids is 2. The molecule has 0 saturated carbocycles. The van der Waals surface area contributed by atoms with E-state index in [0.717, 1.165) is 42.1 Å². The van der Waals surface area contributed by atoms with Gasteiger partial charge in [0.05, 0.1) is 17.6 Å². The van der Waals surface area contributed by atoms with Crippen molar-refractivity contribution >= 4 is 35.1 Å². The second-order valence-electron chi connectivity index (χ2n) is 8.17. The van der Waals surface area contributed by atoms with E-state index in [4.69, 9.17) is 0 Å². The second kappa shape index (κ2) is 8.65. The first kappa shape index (κ1) is 22.4. The monoisotopic (exact) mass is 464 g/mol. The van der Waals surface area contributed by atoms with Gasteiger partial charge in [-0.15, -0.1) is 0 Å². The van der Waals surface area contributed by atoms with Gasteiger partial charge in [0.25, 0.3) is 5.91 Å². The van der Waals surface area contributed by atoms with E-state index in [2.05, 4.69) is 15.2 Å². The summed E-state index contributed by atoms with van der Waals surface area (Å²) in [6, 6.07) is 6.47. The number of alkyl halides is 3. The fraction of sp³-hybridized carbons (Fsp3) is 0.409. The van der Waals surface area contributed by atoms with Crippen LogP contribution in [0.4, 0.5) is 29.3 Å². The number of thioether (sulfide) groups is 1. The van der Waals surface area contributed by atoms with E-state index in [0.29, 0.717) is 0 Å². The average Bonchev–Trinajstić information content (AvgIpc) is 2.96. The maximum atomic E-state index is 13.3. The van der Waals surface area contributed by atoms with Gasteiger partial charge in [0.2, 0.25) is 0 Å². The van der Waals surface area contributed by atoms with E-state index < -0.39 is 23.0 Å². The third kappa shape index (κ3) is 4.69. The molecule has 2 aromatic rings. The number of aromatic nitrogens is 1. The largest absolute Gasteiger partial charge is 0.446 e. The quantitative estimate of drug-likeness (QED) is 0.512. The molecule has 1 aromatic heterocycles. The number of carbonyl (C=O) groups is 2. The first-order chi connectivity index (χ1) is 15.2. The van der Waals surface area contributed by atoms with Crippen LogP contribution in [0, 0.1) is 0 Å². The van der Waals surface area contributed by atoms with Crippen LogP contribution in [0.2, 0.25) is 0 Å². The number of imide groups is 1. The van der Waals surface area contributed by atoms with Crippen LogP contribution in [0.3, 0.4) is 0 Å². The molecule has 1 aromatic carbocycles. The van der Waals surface area contributed by atoms with E-state index in [1.54, 1.807) is 19.3 Å². The Morgan fingerprint density at radius 1 is 1.09 bits per heavy atom. The van der Waals surface area contributed by atoms with Crippen LogP contribution in [0.15, 0.2) is 47.6 Å². The number of hydrogen-bond acceptors (Lipinski definition) is 5. The number of anilines is 2. The molecule has 2 fully saturated rings. The molecule has 6 nitrogen and oxygen atoms in total. The highest BCUT2D eigenvalue weighted by Gasteiger charge is 2.48. The van der Waals surface area contributed by atoms with E-state index >= 15 is 0 Å². The molecule has 2 aliphatic rings. The predicted molar refractivity (Wildman–Crippen MR) is 117 cm³/mol. The average molecular weight is 465 g/mol. The molecule has 1 unspecified atom stereocenters. The van der Waals surface area contributed by atoms with Crippen molar-refractivity contribution in [3.05, 3.63) is 48.3 Å². The Morgan fingerprint density at radius 2 is 1.78 bits per heavy atom. The molecule has 2 aliphatic heterocycles. The van der Waals surface area contributed by atoms with Crippen LogP contribution in [0.5, 0.6) is 0 Å². The lowest BCUT2D eigenvalue weighted by molar-refractivity contribution is -0.121. The minimum atomic E-state index is -4.41. The fourth-order valence-electron chi connectivity index (χ4n) is 4.20. The number of rotatable bonds is 5. The molecule has 0 spiro atoms. The minimum absolute atomic E-state index is 0.0148. The molecule has 1 atom stereocenters. The molecule has 2 saturated heterocycles. The van der Waals surface area contributed by atoms with Gasteiger partial charge in [-0.3, -0.25) is 9.78 Å². The van der Waals surface area contributed by atoms with E-state index in [1.165, 1.54) is 30.7 Å². The number of nitrogens with zero attached hydrogens (tertiary/aromatic N) is 3. The highest BCUT2D eigenvalue weighted by atomic mass is 32.2. The summed E-state index contributed by atoms with van der Waals surface area (Å²) < 4.78 is 37.7. The molecule has 4 rings (SSSR count). The fourth-order valence-corrected chi connectivity index (χ4v) is 4.74. The third-order valence-corrected chi connectivity index (χ3v) is 6.46. The van der Waals surface area contributed by atoms with Gasteiger partial charge in [-0.2, -0.15) is 13.2 Å². The van der Waals surface area contributed by atoms with Crippen LogP contribution in [-0.2, 0) is 11.2 Å². The molecular weight excluding hydrogens is 441 g/mol. The van der Waals surface area contributed by atoms with Crippen LogP contribution in [0.1, 0.15) is 31.7 Å². The van der Waals surface area contributed by atoms with Crippen LogP contribution in [0.25, 0.3) is 0 Å². The summed E-state index contributed by atoms with van der Waals surface area (Å²) in [7, 11) is 0. The van der Waals surface area contributed by atoms with Gasteiger partial charge >= 0.3 is 11.5 Å². The predicted octanol–water partition coefficient (Wildman–Crippen LogP) is 4.74. The molecule has 32 heavy (non-hydrogen) atoms. The highest BCUT2D eigenvalue weighted by Crippen LogP contribution is 2.38. The van der Waals surface area contributed by atoms with Crippen molar-refractivity contribution < 1.29 is 22.8 Å². The zero-order valence-electron chi connectivity index (χ0n) is 17.5. The Kier molecular flexibility index (Phi) is 6.07. The van der Waals surface area contributed by atoms with Gasteiger partial charge in [-0.05, 0) is 73.8 Å². The number of pyridine rings is 1. The zero-order chi connectivity index (χ0) is 22.9. The maximum absolute atomic E-state index is 13.3. The van der Waals surface area contributed by atoms with Gasteiger partial charge in [-0.1, -0.05) is 0 Å². The lowest BCUT2D eigenvalue weighted by Crippen LogP contribution is -2.46. The first-order valence-electron chi connectivity index (χ1n) is 10.4. The van der Waals surface area contributed by atoms with Crippen molar-refractivity contribution in [3.63, 3.8) is 0 Å². The van der Waals surface area contributed by atoms with Crippen molar-refractivity contribution in [2.75, 3.05) is 22.9 Å². The number of urea groups is 1. The number of halogens is 3. The summed E-state index contributed by atoms with van der Waals surface area (Å²) in [4.78, 5) is 33.4. The zero-order valence-corrected chi connectivity index (χ0v) is 18.3. The number of nitrogens with one attached hydrogen (secondary N) is 1. The second-order valence-corrected chi connectivity index (χ2v) is 9.31. The van der Waals surface area contributed by atoms with Crippen LogP contribution < -0.4 is 15.1 Å². The first-order valence-corrected chi connectivity index (χ1v) is 11.2. The molecule has 0 bridgehead atoms. The normalized spacial score (nSPS) is 21.8. The summed E-state index contributed by atoms with van der Waals surface area (Å²) in [5.74, 6) is -0.444. The van der Waals surface area contributed by atoms with Crippen molar-refractivity contribution in [3.8, 4) is 0 Å². The van der Waals surface area contributed by atoms with Crippen molar-refractivity contribution in [1.82, 2.24) is 10.3 Å². The Hall–Kier alpha value is -2.75. The van der Waals surface area contributed by atoms with Gasteiger partial charge in [0, 0.05) is 30.6 Å². The van der Waals surface area contributed by atoms with Crippen molar-refractivity contribution in [2.24, 2.45) is 0 Å². The molecular formula is C22H23F3N4O2S. The SMILES string of the molecule is CC1(Cc2ccncc2N2CCCCC2)NC(=O)N(c2ccc(SC(F)(F)F)cc2)C1=O. The summed E-state index contributed by atoms with van der Waals surface area (Å²) in [6.45, 7) is 3.51. The van der Waals surface area contributed by atoms with Gasteiger partial charge in [0.1, 0.15) is 5.54 Å². The molecule has 3 heterocycles. The lowest BCUT2D eigenvalue weighted by atomic mass is 9.91. The lowest BCUT2D eigenvalue weighted by Gasteiger charge is -2.31. The summed E-state index contributed by atoms with van der Waals surface area (Å²) in [5, 5.41) is 2.77. The third-order valence-electron chi connectivity index (χ3n) is 5.72. The molecule has 0 aliphatic carbocycles. The van der Waals surface area contributed by atoms with Gasteiger partial charge < -0.3 is 10.2 Å². The van der Waals surface area contributed by atoms with Crippen molar-refractivity contribution in [1.29, 1.82) is 0 Å². The molecule has 0 radical (unpaired) electrons.